The van der Waals surface area contributed by atoms with Crippen LogP contribution in [0.1, 0.15) is 46.0 Å². The minimum atomic E-state index is -1.25. The number of hydrogen-bond acceptors (Lipinski definition) is 9. The fraction of sp³-hybridized carbons (Fsp3) is 0.414. The van der Waals surface area contributed by atoms with Gasteiger partial charge in [0.1, 0.15) is 5.82 Å². The van der Waals surface area contributed by atoms with Gasteiger partial charge in [0.25, 0.3) is 5.91 Å². The fourth-order valence-corrected chi connectivity index (χ4v) is 4.83. The van der Waals surface area contributed by atoms with Gasteiger partial charge < -0.3 is 28.7 Å². The Balaban J connectivity index is 1.47. The number of ketones is 1. The summed E-state index contributed by atoms with van der Waals surface area (Å²) in [5.74, 6) is -1.29. The third-order valence-electron chi connectivity index (χ3n) is 7.13. The summed E-state index contributed by atoms with van der Waals surface area (Å²) >= 11 is 0. The number of hydrogen-bond donors (Lipinski definition) is 1. The van der Waals surface area contributed by atoms with Crippen LogP contribution >= 0.6 is 0 Å². The summed E-state index contributed by atoms with van der Waals surface area (Å²) in [6, 6.07) is 8.58. The normalized spacial score (nSPS) is 14.2. The first-order chi connectivity index (χ1) is 19.7. The number of ether oxygens (including phenoxy) is 1. The van der Waals surface area contributed by atoms with Gasteiger partial charge in [0.2, 0.25) is 5.91 Å². The first-order valence-corrected chi connectivity index (χ1v) is 13.3. The molecule has 1 aromatic heterocycles. The molecule has 0 unspecified atom stereocenters. The van der Waals surface area contributed by atoms with Crippen LogP contribution in [0.15, 0.2) is 54.8 Å². The molecule has 1 N–H and O–H groups in total. The third kappa shape index (κ3) is 7.33. The van der Waals surface area contributed by atoms with Crippen LogP contribution in [0.25, 0.3) is 11.2 Å². The van der Waals surface area contributed by atoms with Gasteiger partial charge >= 0.3 is 11.3 Å². The molecule has 0 saturated carbocycles. The number of carbonyl (C=O) groups is 3. The zero-order valence-corrected chi connectivity index (χ0v) is 22.9. The summed E-state index contributed by atoms with van der Waals surface area (Å²) in [6.45, 7) is 4.03. The van der Waals surface area contributed by atoms with E-state index in [2.05, 4.69) is 10.2 Å². The number of Topliss-reactive ketones (excluding diaryl/α,β-unsaturated/α-hetero) is 1. The van der Waals surface area contributed by atoms with E-state index < -0.39 is 17.2 Å². The number of halogens is 1. The van der Waals surface area contributed by atoms with Crippen molar-refractivity contribution in [3.8, 4) is 0 Å². The molecular formula is C29H32FN3O8. The lowest BCUT2D eigenvalue weighted by atomic mass is 9.89. The summed E-state index contributed by atoms with van der Waals surface area (Å²) < 4.78 is 28.8. The maximum Gasteiger partial charge on any atom is 0.423 e. The molecule has 218 valence electrons. The van der Waals surface area contributed by atoms with Gasteiger partial charge in [0, 0.05) is 57.3 Å². The Morgan fingerprint density at radius 1 is 1.00 bits per heavy atom. The lowest BCUT2D eigenvalue weighted by Crippen LogP contribution is -2.43. The van der Waals surface area contributed by atoms with Crippen molar-refractivity contribution in [2.75, 3.05) is 46.4 Å². The minimum absolute atomic E-state index is 0.00326. The number of methoxy groups -OCH3 is 1. The van der Waals surface area contributed by atoms with Crippen LogP contribution < -0.4 is 16.6 Å². The molecule has 1 fully saturated rings. The average Bonchev–Trinajstić information content (AvgIpc) is 2.96. The van der Waals surface area contributed by atoms with Crippen LogP contribution in [0.3, 0.4) is 0 Å². The van der Waals surface area contributed by atoms with Crippen LogP contribution in [0, 0.1) is 11.7 Å². The lowest BCUT2D eigenvalue weighted by molar-refractivity contribution is -0.119. The highest BCUT2D eigenvalue weighted by Gasteiger charge is 2.27. The smallest absolute Gasteiger partial charge is 0.414 e. The molecule has 12 heteroatoms. The molecule has 0 aliphatic carbocycles. The predicted molar refractivity (Wildman–Crippen MR) is 146 cm³/mol. The number of likely N-dealkylation sites (tertiary alicyclic amines) is 1. The number of amides is 2. The van der Waals surface area contributed by atoms with E-state index in [0.717, 1.165) is 0 Å². The molecular weight excluding hydrogens is 537 g/mol. The van der Waals surface area contributed by atoms with Gasteiger partial charge in [-0.3, -0.25) is 14.4 Å². The Kier molecular flexibility index (Phi) is 9.79. The molecule has 0 radical (unpaired) electrons. The molecule has 1 aliphatic heterocycles. The van der Waals surface area contributed by atoms with Gasteiger partial charge in [0.15, 0.2) is 16.9 Å². The van der Waals surface area contributed by atoms with Crippen molar-refractivity contribution in [1.29, 1.82) is 0 Å². The first-order valence-electron chi connectivity index (χ1n) is 13.3. The SMILES string of the molecule is COCCN(CCN1CCC(C(=O)c2ccc(F)cc2)CC1)C(=O)c1ccc(CNC(C)=O)c2oc(=O)c(=O)oc12. The largest absolute Gasteiger partial charge is 0.423 e. The second-order valence-corrected chi connectivity index (χ2v) is 9.89. The highest BCUT2D eigenvalue weighted by molar-refractivity contribution is 6.04. The lowest BCUT2D eigenvalue weighted by Gasteiger charge is -2.33. The number of nitrogens with one attached hydrogen (secondary N) is 1. The van der Waals surface area contributed by atoms with Crippen molar-refractivity contribution in [3.05, 3.63) is 79.7 Å². The van der Waals surface area contributed by atoms with E-state index in [1.807, 2.05) is 0 Å². The summed E-state index contributed by atoms with van der Waals surface area (Å²) in [5, 5.41) is 2.59. The number of piperidine rings is 1. The highest BCUT2D eigenvalue weighted by Crippen LogP contribution is 2.24. The van der Waals surface area contributed by atoms with E-state index in [9.17, 15) is 28.4 Å². The van der Waals surface area contributed by atoms with Crippen molar-refractivity contribution in [2.24, 2.45) is 5.92 Å². The zero-order valence-electron chi connectivity index (χ0n) is 22.9. The second kappa shape index (κ2) is 13.5. The van der Waals surface area contributed by atoms with Crippen molar-refractivity contribution in [2.45, 2.75) is 26.3 Å². The highest BCUT2D eigenvalue weighted by atomic mass is 19.1. The molecule has 4 rings (SSSR count). The van der Waals surface area contributed by atoms with Crippen molar-refractivity contribution in [3.63, 3.8) is 0 Å². The second-order valence-electron chi connectivity index (χ2n) is 9.89. The summed E-state index contributed by atoms with van der Waals surface area (Å²) in [7, 11) is 1.52. The Labute approximate surface area is 234 Å². The van der Waals surface area contributed by atoms with E-state index in [1.165, 1.54) is 50.4 Å². The Morgan fingerprint density at radius 3 is 2.29 bits per heavy atom. The third-order valence-corrected chi connectivity index (χ3v) is 7.13. The maximum absolute atomic E-state index is 13.7. The van der Waals surface area contributed by atoms with Gasteiger partial charge in [-0.25, -0.2) is 14.0 Å². The average molecular weight is 570 g/mol. The van der Waals surface area contributed by atoms with Crippen LogP contribution in [0.5, 0.6) is 0 Å². The zero-order chi connectivity index (χ0) is 29.5. The topological polar surface area (TPSA) is 139 Å². The van der Waals surface area contributed by atoms with Gasteiger partial charge in [-0.15, -0.1) is 0 Å². The molecule has 2 amide bonds. The standard InChI is InChI=1S/C29H32FN3O8/c1-18(34)31-17-21-5-8-23(26-25(21)40-28(37)29(38)41-26)27(36)33(15-16-39-2)14-13-32-11-9-20(10-12-32)24(35)19-3-6-22(30)7-4-19/h3-8,20H,9-17H2,1-2H3,(H,31,34). The molecule has 41 heavy (non-hydrogen) atoms. The van der Waals surface area contributed by atoms with Gasteiger partial charge in [-0.05, 0) is 56.3 Å². The molecule has 0 bridgehead atoms. The Bertz CT molecular complexity index is 1520. The summed E-state index contributed by atoms with van der Waals surface area (Å²) in [6.07, 6.45) is 1.29. The molecule has 2 aromatic carbocycles. The molecule has 0 spiro atoms. The van der Waals surface area contributed by atoms with Crippen LogP contribution in [0.2, 0.25) is 0 Å². The van der Waals surface area contributed by atoms with E-state index >= 15 is 0 Å². The van der Waals surface area contributed by atoms with Gasteiger partial charge in [-0.1, -0.05) is 6.07 Å². The molecule has 1 saturated heterocycles. The van der Waals surface area contributed by atoms with Crippen molar-refractivity contribution < 1.29 is 32.3 Å². The number of carbonyl (C=O) groups excluding carboxylic acids is 3. The summed E-state index contributed by atoms with van der Waals surface area (Å²) in [4.78, 5) is 65.5. The van der Waals surface area contributed by atoms with Crippen molar-refractivity contribution >= 4 is 28.8 Å². The van der Waals surface area contributed by atoms with Crippen LogP contribution in [-0.4, -0.2) is 73.8 Å². The van der Waals surface area contributed by atoms with Crippen LogP contribution in [0.4, 0.5) is 4.39 Å². The maximum atomic E-state index is 13.7. The Hall–Kier alpha value is -4.16. The molecule has 1 aliphatic rings. The van der Waals surface area contributed by atoms with Gasteiger partial charge in [-0.2, -0.15) is 0 Å². The number of rotatable bonds is 11. The summed E-state index contributed by atoms with van der Waals surface area (Å²) in [5.41, 5.74) is -1.83. The first kappa shape index (κ1) is 29.8. The van der Waals surface area contributed by atoms with Gasteiger partial charge in [0.05, 0.1) is 12.2 Å². The fourth-order valence-electron chi connectivity index (χ4n) is 4.83. The number of benzene rings is 2. The molecule has 2 heterocycles. The van der Waals surface area contributed by atoms with Crippen molar-refractivity contribution in [1.82, 2.24) is 15.1 Å². The Morgan fingerprint density at radius 2 is 1.66 bits per heavy atom. The van der Waals surface area contributed by atoms with E-state index in [-0.39, 0.29) is 59.9 Å². The van der Waals surface area contributed by atoms with Crippen LogP contribution in [-0.2, 0) is 16.1 Å². The van der Waals surface area contributed by atoms with E-state index in [0.29, 0.717) is 50.1 Å². The number of nitrogens with zero attached hydrogens (tertiary/aromatic N) is 2. The van der Waals surface area contributed by atoms with E-state index in [1.54, 1.807) is 4.90 Å². The minimum Gasteiger partial charge on any atom is -0.414 e. The monoisotopic (exact) mass is 569 g/mol. The molecule has 0 atom stereocenters. The molecule has 3 aromatic rings. The molecule has 11 nitrogen and oxygen atoms in total. The van der Waals surface area contributed by atoms with E-state index in [4.69, 9.17) is 13.6 Å². The quantitative estimate of drug-likeness (QED) is 0.272. The predicted octanol–water partition coefficient (Wildman–Crippen LogP) is 2.20. The number of fused-ring (bicyclic) bond motifs is 1.